The Bertz CT molecular complexity index is 1040. The highest BCUT2D eigenvalue weighted by atomic mass is 35.5. The largest absolute Gasteiger partial charge is 0.444 e. The average Bonchev–Trinajstić information content (AvgIpc) is 3.23. The molecule has 0 radical (unpaired) electrons. The fourth-order valence-electron chi connectivity index (χ4n) is 4.60. The van der Waals surface area contributed by atoms with Gasteiger partial charge in [-0.2, -0.15) is 0 Å². The number of aliphatic imine (C=N–C) groups is 1. The van der Waals surface area contributed by atoms with Crippen LogP contribution in [0.5, 0.6) is 0 Å². The molecular formula is C21H31Cl2N9O5. The number of ether oxygens (including phenoxy) is 2. The molecule has 1 fully saturated rings. The molecule has 2 aliphatic rings. The predicted octanol–water partition coefficient (Wildman–Crippen LogP) is 4.75. The fourth-order valence-corrected chi connectivity index (χ4v) is 5.29. The Morgan fingerprint density at radius 3 is 2.11 bits per heavy atom. The predicted molar refractivity (Wildman–Crippen MR) is 136 cm³/mol. The van der Waals surface area contributed by atoms with Crippen molar-refractivity contribution in [3.63, 3.8) is 0 Å². The Hall–Kier alpha value is -2.92. The molecule has 2 rings (SSSR count). The molecule has 1 spiro atoms. The van der Waals surface area contributed by atoms with E-state index in [4.69, 9.17) is 43.7 Å². The minimum absolute atomic E-state index is 0.124. The van der Waals surface area contributed by atoms with E-state index in [2.05, 4.69) is 30.4 Å². The van der Waals surface area contributed by atoms with Crippen molar-refractivity contribution in [2.75, 3.05) is 25.5 Å². The number of azide groups is 2. The number of Topliss-reactive ketones (excluding diaryl/α,β-unsaturated/α-hetero) is 1. The Balaban J connectivity index is 2.66. The summed E-state index contributed by atoms with van der Waals surface area (Å²) in [6, 6.07) is 0. The summed E-state index contributed by atoms with van der Waals surface area (Å²) in [5, 5.41) is 8.74. The zero-order valence-electron chi connectivity index (χ0n) is 21.5. The molecule has 1 N–H and O–H groups in total. The SMILES string of the molecule is CC(C)(C)OC(=O)NC1=N[C@]2(CN1C(=O)OC(C)(C)C)[C@@H](Cl)[C@H](CN=[N+]=[N-])[C@@H](CN=[N+]=[N-])[C@@H]2C(=O)CCl. The van der Waals surface area contributed by atoms with Crippen LogP contribution in [-0.2, 0) is 14.3 Å². The van der Waals surface area contributed by atoms with Crippen LogP contribution in [-0.4, -0.2) is 76.5 Å². The topological polar surface area (TPSA) is 195 Å². The number of alkyl carbamates (subject to hydrolysis) is 1. The van der Waals surface area contributed by atoms with Crippen LogP contribution in [0, 0.1) is 17.8 Å². The van der Waals surface area contributed by atoms with Crippen LogP contribution in [0.4, 0.5) is 9.59 Å². The Morgan fingerprint density at radius 2 is 1.62 bits per heavy atom. The Labute approximate surface area is 224 Å². The number of alkyl halides is 2. The number of carbonyl (C=O) groups is 3. The van der Waals surface area contributed by atoms with E-state index in [0.29, 0.717) is 0 Å². The standard InChI is InChI=1S/C21H31Cl2N9O5/c1-19(2,3)36-17(34)28-16-29-21(10-32(16)18(35)37-20(4,5)6)14(13(33)7-22)11(8-26-30-24)12(15(21)23)9-27-31-25/h11-12,14-15H,7-10H2,1-6H3,(H,28,29,34)/t11-,12-,14-,15+,21+/m1/s1. The van der Waals surface area contributed by atoms with E-state index >= 15 is 0 Å². The normalized spacial score (nSPS) is 27.1. The first kappa shape index (κ1) is 30.3. The van der Waals surface area contributed by atoms with E-state index < -0.39 is 63.7 Å². The molecule has 37 heavy (non-hydrogen) atoms. The van der Waals surface area contributed by atoms with Gasteiger partial charge in [0.15, 0.2) is 5.78 Å². The molecule has 1 aliphatic carbocycles. The number of guanidine groups is 1. The number of ketones is 1. The lowest BCUT2D eigenvalue weighted by atomic mass is 9.80. The molecule has 1 aliphatic heterocycles. The van der Waals surface area contributed by atoms with Gasteiger partial charge in [0.25, 0.3) is 0 Å². The third-order valence-corrected chi connectivity index (χ3v) is 6.73. The number of nitrogens with one attached hydrogen (secondary N) is 1. The summed E-state index contributed by atoms with van der Waals surface area (Å²) in [5.41, 5.74) is 14.6. The second kappa shape index (κ2) is 11.6. The molecule has 0 aromatic rings. The summed E-state index contributed by atoms with van der Waals surface area (Å²) in [5.74, 6) is -3.49. The third kappa shape index (κ3) is 7.10. The first-order chi connectivity index (χ1) is 17.1. The van der Waals surface area contributed by atoms with Crippen molar-refractivity contribution in [3.05, 3.63) is 20.9 Å². The second-order valence-electron chi connectivity index (χ2n) is 10.8. The summed E-state index contributed by atoms with van der Waals surface area (Å²) in [4.78, 5) is 50.2. The number of halogens is 2. The lowest BCUT2D eigenvalue weighted by molar-refractivity contribution is -0.123. The van der Waals surface area contributed by atoms with E-state index in [1.165, 1.54) is 0 Å². The zero-order chi connectivity index (χ0) is 28.2. The molecule has 0 unspecified atom stereocenters. The van der Waals surface area contributed by atoms with Crippen LogP contribution < -0.4 is 5.32 Å². The first-order valence-corrected chi connectivity index (χ1v) is 12.4. The number of rotatable bonds is 6. The number of hydrogen-bond donors (Lipinski definition) is 1. The number of amides is 2. The molecule has 16 heteroatoms. The van der Waals surface area contributed by atoms with Crippen molar-refractivity contribution in [2.24, 2.45) is 33.0 Å². The number of hydrogen-bond acceptors (Lipinski definition) is 8. The Kier molecular flexibility index (Phi) is 9.53. The van der Waals surface area contributed by atoms with E-state index in [0.717, 1.165) is 4.90 Å². The molecule has 1 saturated carbocycles. The molecule has 0 bridgehead atoms. The maximum Gasteiger partial charge on any atom is 0.417 e. The van der Waals surface area contributed by atoms with Gasteiger partial charge in [0.2, 0.25) is 5.96 Å². The van der Waals surface area contributed by atoms with Gasteiger partial charge in [0.05, 0.1) is 23.7 Å². The lowest BCUT2D eigenvalue weighted by Gasteiger charge is -2.32. The smallest absolute Gasteiger partial charge is 0.417 e. The quantitative estimate of drug-likeness (QED) is 0.211. The van der Waals surface area contributed by atoms with E-state index in [1.807, 2.05) is 0 Å². The van der Waals surface area contributed by atoms with E-state index in [-0.39, 0.29) is 25.6 Å². The van der Waals surface area contributed by atoms with Crippen LogP contribution in [0.3, 0.4) is 0 Å². The molecular weight excluding hydrogens is 529 g/mol. The third-order valence-electron chi connectivity index (χ3n) is 5.77. The highest BCUT2D eigenvalue weighted by Gasteiger charge is 2.65. The van der Waals surface area contributed by atoms with Gasteiger partial charge in [-0.1, -0.05) is 10.2 Å². The molecule has 0 aromatic carbocycles. The maximum absolute atomic E-state index is 13.2. The summed E-state index contributed by atoms with van der Waals surface area (Å²) < 4.78 is 10.8. The van der Waals surface area contributed by atoms with Gasteiger partial charge in [-0.05, 0) is 64.4 Å². The van der Waals surface area contributed by atoms with Gasteiger partial charge in [0, 0.05) is 22.9 Å². The van der Waals surface area contributed by atoms with Crippen LogP contribution in [0.15, 0.2) is 15.2 Å². The molecule has 2 amide bonds. The van der Waals surface area contributed by atoms with Crippen molar-refractivity contribution >= 4 is 47.1 Å². The molecule has 204 valence electrons. The van der Waals surface area contributed by atoms with Gasteiger partial charge < -0.3 is 9.47 Å². The second-order valence-corrected chi connectivity index (χ2v) is 11.5. The summed E-state index contributed by atoms with van der Waals surface area (Å²) in [6.45, 7) is 9.46. The molecule has 0 aromatic heterocycles. The van der Waals surface area contributed by atoms with Crippen LogP contribution >= 0.6 is 23.2 Å². The molecule has 5 atom stereocenters. The van der Waals surface area contributed by atoms with Crippen LogP contribution in [0.25, 0.3) is 20.9 Å². The minimum Gasteiger partial charge on any atom is -0.444 e. The minimum atomic E-state index is -1.50. The van der Waals surface area contributed by atoms with Crippen molar-refractivity contribution < 1.29 is 23.9 Å². The molecule has 0 saturated heterocycles. The lowest BCUT2D eigenvalue weighted by Crippen LogP contribution is -2.52. The number of carbonyl (C=O) groups excluding carboxylic acids is 3. The van der Waals surface area contributed by atoms with E-state index in [9.17, 15) is 14.4 Å². The summed E-state index contributed by atoms with van der Waals surface area (Å²) in [7, 11) is 0. The van der Waals surface area contributed by atoms with Gasteiger partial charge in [0.1, 0.15) is 16.7 Å². The monoisotopic (exact) mass is 559 g/mol. The van der Waals surface area contributed by atoms with Crippen LogP contribution in [0.2, 0.25) is 0 Å². The number of nitrogens with zero attached hydrogens (tertiary/aromatic N) is 8. The zero-order valence-corrected chi connectivity index (χ0v) is 23.0. The van der Waals surface area contributed by atoms with Gasteiger partial charge in [-0.25, -0.2) is 19.5 Å². The average molecular weight is 560 g/mol. The Morgan fingerprint density at radius 1 is 1.08 bits per heavy atom. The molecule has 14 nitrogen and oxygen atoms in total. The van der Waals surface area contributed by atoms with Crippen LogP contribution in [0.1, 0.15) is 41.5 Å². The van der Waals surface area contributed by atoms with E-state index in [1.54, 1.807) is 41.5 Å². The fraction of sp³-hybridized carbons (Fsp3) is 0.810. The van der Waals surface area contributed by atoms with Gasteiger partial charge in [-0.3, -0.25) is 10.1 Å². The first-order valence-electron chi connectivity index (χ1n) is 11.4. The van der Waals surface area contributed by atoms with Crippen molar-refractivity contribution in [1.82, 2.24) is 10.2 Å². The van der Waals surface area contributed by atoms with Gasteiger partial charge in [-0.15, -0.1) is 23.2 Å². The van der Waals surface area contributed by atoms with Gasteiger partial charge >= 0.3 is 12.2 Å². The molecule has 1 heterocycles. The highest BCUT2D eigenvalue weighted by molar-refractivity contribution is 6.29. The van der Waals surface area contributed by atoms with Crippen molar-refractivity contribution in [2.45, 2.75) is 63.7 Å². The maximum atomic E-state index is 13.2. The highest BCUT2D eigenvalue weighted by Crippen LogP contribution is 2.53. The van der Waals surface area contributed by atoms with Crippen molar-refractivity contribution in [1.29, 1.82) is 0 Å². The summed E-state index contributed by atoms with van der Waals surface area (Å²) in [6.07, 6.45) is -1.73. The summed E-state index contributed by atoms with van der Waals surface area (Å²) >= 11 is 12.9. The van der Waals surface area contributed by atoms with Crippen molar-refractivity contribution in [3.8, 4) is 0 Å².